The van der Waals surface area contributed by atoms with Crippen molar-refractivity contribution in [3.8, 4) is 5.75 Å². The maximum absolute atomic E-state index is 13.0. The number of benzene rings is 2. The summed E-state index contributed by atoms with van der Waals surface area (Å²) in [7, 11) is -2.13. The molecule has 0 radical (unpaired) electrons. The number of ether oxygens (including phenoxy) is 1. The van der Waals surface area contributed by atoms with Gasteiger partial charge in [0.1, 0.15) is 5.75 Å². The average molecular weight is 483 g/mol. The lowest BCUT2D eigenvalue weighted by Crippen LogP contribution is -2.35. The van der Waals surface area contributed by atoms with E-state index in [1.165, 1.54) is 35.3 Å². The number of piperidine rings is 1. The number of nitrogens with zero attached hydrogens (tertiary/aromatic N) is 1. The number of rotatable bonds is 8. The maximum atomic E-state index is 13.0. The smallest absolute Gasteiger partial charge is 0.243 e. The minimum atomic E-state index is -3.61. The van der Waals surface area contributed by atoms with E-state index >= 15 is 0 Å². The van der Waals surface area contributed by atoms with Crippen molar-refractivity contribution >= 4 is 45.0 Å². The molecule has 1 atom stereocenters. The van der Waals surface area contributed by atoms with Crippen LogP contribution in [0, 0.1) is 0 Å². The number of nitrogens with one attached hydrogen (secondary N) is 1. The highest BCUT2D eigenvalue weighted by Gasteiger charge is 2.27. The average Bonchev–Trinajstić information content (AvgIpc) is 2.79. The molecule has 2 aromatic carbocycles. The molecule has 1 heterocycles. The zero-order chi connectivity index (χ0) is 22.4. The van der Waals surface area contributed by atoms with Gasteiger partial charge in [0.15, 0.2) is 0 Å². The van der Waals surface area contributed by atoms with Crippen LogP contribution in [0.1, 0.15) is 32.6 Å². The molecule has 1 N–H and O–H groups in total. The van der Waals surface area contributed by atoms with E-state index in [4.69, 9.17) is 16.3 Å². The summed E-state index contributed by atoms with van der Waals surface area (Å²) in [6.45, 7) is 2.97. The Morgan fingerprint density at radius 2 is 1.84 bits per heavy atom. The Balaban J connectivity index is 1.81. The number of amides is 1. The second-order valence-electron chi connectivity index (χ2n) is 7.28. The summed E-state index contributed by atoms with van der Waals surface area (Å²) in [5.74, 6) is 0.200. The lowest BCUT2D eigenvalue weighted by molar-refractivity contribution is -0.115. The summed E-state index contributed by atoms with van der Waals surface area (Å²) < 4.78 is 33.0. The first-order valence-corrected chi connectivity index (χ1v) is 13.0. The molecule has 1 aliphatic heterocycles. The van der Waals surface area contributed by atoms with E-state index in [1.807, 2.05) is 19.1 Å². The van der Waals surface area contributed by atoms with Crippen LogP contribution in [0.25, 0.3) is 0 Å². The molecule has 1 fully saturated rings. The van der Waals surface area contributed by atoms with Gasteiger partial charge in [-0.2, -0.15) is 4.31 Å². The van der Waals surface area contributed by atoms with Gasteiger partial charge in [0.2, 0.25) is 15.9 Å². The summed E-state index contributed by atoms with van der Waals surface area (Å²) >= 11 is 7.37. The highest BCUT2D eigenvalue weighted by atomic mass is 35.5. The van der Waals surface area contributed by atoms with E-state index in [9.17, 15) is 13.2 Å². The zero-order valence-corrected chi connectivity index (χ0v) is 20.0. The molecule has 2 aromatic rings. The third kappa shape index (κ3) is 5.94. The first-order valence-electron chi connectivity index (χ1n) is 10.3. The van der Waals surface area contributed by atoms with Crippen LogP contribution in [0.2, 0.25) is 5.02 Å². The second-order valence-corrected chi connectivity index (χ2v) is 10.9. The van der Waals surface area contributed by atoms with Crippen LogP contribution >= 0.6 is 23.4 Å². The number of methoxy groups -OCH3 is 1. The molecule has 3 rings (SSSR count). The molecule has 0 aromatic heterocycles. The van der Waals surface area contributed by atoms with E-state index < -0.39 is 10.0 Å². The van der Waals surface area contributed by atoms with E-state index in [-0.39, 0.29) is 16.1 Å². The Labute approximate surface area is 193 Å². The molecule has 9 heteroatoms. The fourth-order valence-electron chi connectivity index (χ4n) is 3.41. The summed E-state index contributed by atoms with van der Waals surface area (Å²) in [6, 6.07) is 11.9. The van der Waals surface area contributed by atoms with Gasteiger partial charge < -0.3 is 10.1 Å². The molecule has 0 aliphatic carbocycles. The fourth-order valence-corrected chi connectivity index (χ4v) is 6.04. The largest absolute Gasteiger partial charge is 0.495 e. The van der Waals surface area contributed by atoms with Crippen LogP contribution in [-0.2, 0) is 14.8 Å². The first-order chi connectivity index (χ1) is 14.8. The van der Waals surface area contributed by atoms with Crippen molar-refractivity contribution in [2.24, 2.45) is 0 Å². The van der Waals surface area contributed by atoms with Gasteiger partial charge in [-0.05, 0) is 61.7 Å². The Hall–Kier alpha value is -1.74. The molecule has 1 unspecified atom stereocenters. The van der Waals surface area contributed by atoms with Crippen LogP contribution < -0.4 is 10.1 Å². The predicted octanol–water partition coefficient (Wildman–Crippen LogP) is 5.03. The van der Waals surface area contributed by atoms with Gasteiger partial charge in [-0.15, -0.1) is 11.8 Å². The van der Waals surface area contributed by atoms with E-state index in [2.05, 4.69) is 5.32 Å². The fraction of sp³-hybridized carbons (Fsp3) is 0.409. The summed E-state index contributed by atoms with van der Waals surface area (Å²) in [5.41, 5.74) is 0.348. The van der Waals surface area contributed by atoms with Crippen molar-refractivity contribution in [1.82, 2.24) is 4.31 Å². The van der Waals surface area contributed by atoms with Gasteiger partial charge in [0, 0.05) is 23.0 Å². The molecule has 0 saturated carbocycles. The molecule has 1 amide bonds. The first kappa shape index (κ1) is 23.9. The van der Waals surface area contributed by atoms with Gasteiger partial charge >= 0.3 is 0 Å². The normalized spacial score (nSPS) is 16.0. The quantitative estimate of drug-likeness (QED) is 0.534. The lowest BCUT2D eigenvalue weighted by atomic mass is 10.2. The molecule has 1 aliphatic rings. The van der Waals surface area contributed by atoms with Crippen molar-refractivity contribution in [2.75, 3.05) is 25.5 Å². The number of hydrogen-bond acceptors (Lipinski definition) is 5. The number of sulfonamides is 1. The minimum Gasteiger partial charge on any atom is -0.495 e. The SMILES string of the molecule is CCC(Sc1ccc(Cl)cc1)C(=O)Nc1cc(S(=O)(=O)N2CCCCC2)ccc1OC. The van der Waals surface area contributed by atoms with E-state index in [1.54, 1.807) is 18.2 Å². The zero-order valence-electron chi connectivity index (χ0n) is 17.6. The number of hydrogen-bond donors (Lipinski definition) is 1. The van der Waals surface area contributed by atoms with Crippen molar-refractivity contribution in [3.63, 3.8) is 0 Å². The molecule has 31 heavy (non-hydrogen) atoms. The number of anilines is 1. The highest BCUT2D eigenvalue weighted by Crippen LogP contribution is 2.32. The molecule has 1 saturated heterocycles. The molecule has 6 nitrogen and oxygen atoms in total. The van der Waals surface area contributed by atoms with E-state index in [0.29, 0.717) is 36.0 Å². The minimum absolute atomic E-state index is 0.156. The Bertz CT molecular complexity index is 1010. The second kappa shape index (κ2) is 10.7. The van der Waals surface area contributed by atoms with Crippen LogP contribution in [0.3, 0.4) is 0 Å². The standard InChI is InChI=1S/C22H27ClN2O4S2/c1-3-21(30-17-9-7-16(23)8-10-17)22(26)24-19-15-18(11-12-20(19)29-2)31(27,28)25-13-5-4-6-14-25/h7-12,15,21H,3-6,13-14H2,1-2H3,(H,24,26). The number of thioether (sulfide) groups is 1. The molecule has 0 bridgehead atoms. The van der Waals surface area contributed by atoms with Crippen molar-refractivity contribution in [3.05, 3.63) is 47.5 Å². The highest BCUT2D eigenvalue weighted by molar-refractivity contribution is 8.00. The summed E-state index contributed by atoms with van der Waals surface area (Å²) in [4.78, 5) is 14.1. The van der Waals surface area contributed by atoms with Gasteiger partial charge in [-0.1, -0.05) is 24.9 Å². The predicted molar refractivity (Wildman–Crippen MR) is 126 cm³/mol. The van der Waals surface area contributed by atoms with Crippen molar-refractivity contribution < 1.29 is 17.9 Å². The lowest BCUT2D eigenvalue weighted by Gasteiger charge is -2.26. The monoisotopic (exact) mass is 482 g/mol. The Morgan fingerprint density at radius 1 is 1.16 bits per heavy atom. The van der Waals surface area contributed by atoms with Crippen LogP contribution in [0.5, 0.6) is 5.75 Å². The van der Waals surface area contributed by atoms with Gasteiger partial charge in [-0.3, -0.25) is 4.79 Å². The number of halogens is 1. The third-order valence-corrected chi connectivity index (χ3v) is 8.66. The van der Waals surface area contributed by atoms with Gasteiger partial charge in [0.25, 0.3) is 0 Å². The summed E-state index contributed by atoms with van der Waals surface area (Å²) in [6.07, 6.45) is 3.37. The number of carbonyl (C=O) groups is 1. The van der Waals surface area contributed by atoms with Crippen LogP contribution in [0.15, 0.2) is 52.3 Å². The Kier molecular flexibility index (Phi) is 8.27. The topological polar surface area (TPSA) is 75.7 Å². The van der Waals surface area contributed by atoms with E-state index in [0.717, 1.165) is 24.2 Å². The third-order valence-electron chi connectivity index (χ3n) is 5.14. The summed E-state index contributed by atoms with van der Waals surface area (Å²) in [5, 5.41) is 3.15. The van der Waals surface area contributed by atoms with Crippen LogP contribution in [0.4, 0.5) is 5.69 Å². The van der Waals surface area contributed by atoms with Gasteiger partial charge in [0.05, 0.1) is 22.9 Å². The molecular weight excluding hydrogens is 456 g/mol. The van der Waals surface area contributed by atoms with Crippen LogP contribution in [-0.4, -0.2) is 44.1 Å². The maximum Gasteiger partial charge on any atom is 0.243 e. The molecule has 0 spiro atoms. The van der Waals surface area contributed by atoms with Gasteiger partial charge in [-0.25, -0.2) is 8.42 Å². The molecule has 168 valence electrons. The van der Waals surface area contributed by atoms with Crippen molar-refractivity contribution in [1.29, 1.82) is 0 Å². The Morgan fingerprint density at radius 3 is 2.45 bits per heavy atom. The molecular formula is C22H27ClN2O4S2. The number of carbonyl (C=O) groups excluding carboxylic acids is 1. The van der Waals surface area contributed by atoms with Crippen molar-refractivity contribution in [2.45, 2.75) is 47.6 Å².